The molecule has 0 radical (unpaired) electrons. The number of hydrogen-bond donors (Lipinski definition) is 0. The molecule has 6 saturated carbocycles. The van der Waals surface area contributed by atoms with E-state index in [-0.39, 0.29) is 92.1 Å². The number of halogens is 12. The van der Waals surface area contributed by atoms with Crippen molar-refractivity contribution in [2.75, 3.05) is 33.8 Å². The number of alkyl halides is 12. The second kappa shape index (κ2) is 45.0. The Balaban J connectivity index is 0.000000181. The second-order valence-electron chi connectivity index (χ2n) is 34.5. The topological polar surface area (TPSA) is 279 Å². The van der Waals surface area contributed by atoms with Gasteiger partial charge in [-0.25, -0.2) is 33.7 Å². The number of methoxy groups -OCH3 is 3. The molecular weight excluding hydrogens is 1930 g/mol. The monoisotopic (exact) mass is 2040 g/mol. The van der Waals surface area contributed by atoms with Crippen LogP contribution < -0.4 is 22.6 Å². The zero-order valence-corrected chi connectivity index (χ0v) is 81.2. The van der Waals surface area contributed by atoms with Gasteiger partial charge in [0.2, 0.25) is 0 Å². The van der Waals surface area contributed by atoms with E-state index >= 15 is 17.6 Å². The molecule has 0 aromatic heterocycles. The molecule has 0 atom stereocenters. The van der Waals surface area contributed by atoms with Gasteiger partial charge in [-0.1, -0.05) is 213 Å². The van der Waals surface area contributed by atoms with Crippen LogP contribution in [-0.4, -0.2) is 117 Å². The smallest absolute Gasteiger partial charge is 0.450 e. The van der Waals surface area contributed by atoms with Crippen LogP contribution in [0.15, 0.2) is 217 Å². The molecule has 0 saturated heterocycles. The van der Waals surface area contributed by atoms with E-state index in [9.17, 15) is 85.6 Å². The summed E-state index contributed by atoms with van der Waals surface area (Å²) in [5.74, 6) is -14.3. The summed E-state index contributed by atoms with van der Waals surface area (Å²) in [6.07, 6.45) is 22.8. The van der Waals surface area contributed by atoms with Gasteiger partial charge in [-0.15, -0.1) is 0 Å². The minimum atomic E-state index is -7.21. The van der Waals surface area contributed by atoms with Gasteiger partial charge in [-0.05, 0) is 219 Å². The third-order valence-electron chi connectivity index (χ3n) is 25.0. The Bertz CT molecular complexity index is 5470. The molecule has 8 aromatic rings. The van der Waals surface area contributed by atoms with E-state index in [1.54, 1.807) is 53.8 Å². The fourth-order valence-corrected chi connectivity index (χ4v) is 29.0. The second-order valence-corrected chi connectivity index (χ2v) is 48.8. The van der Waals surface area contributed by atoms with E-state index in [4.69, 9.17) is 22.6 Å². The van der Waals surface area contributed by atoms with Crippen molar-refractivity contribution in [3.63, 3.8) is 0 Å². The maximum Gasteiger partial charge on any atom is 0.450 e. The number of sulfonamides is 4. The first-order valence-corrected chi connectivity index (χ1v) is 56.4. The van der Waals surface area contributed by atoms with Gasteiger partial charge < -0.3 is 30.8 Å². The van der Waals surface area contributed by atoms with Gasteiger partial charge in [0.1, 0.15) is 28.7 Å². The summed E-state index contributed by atoms with van der Waals surface area (Å²) in [4.78, 5) is 7.63. The Hall–Kier alpha value is -7.76. The Labute approximate surface area is 785 Å². The van der Waals surface area contributed by atoms with E-state index in [2.05, 4.69) is 127 Å². The van der Waals surface area contributed by atoms with Crippen molar-refractivity contribution in [3.05, 3.63) is 230 Å². The lowest BCUT2D eigenvalue weighted by Crippen LogP contribution is -2.61. The van der Waals surface area contributed by atoms with Crippen molar-refractivity contribution in [1.82, 2.24) is 0 Å². The van der Waals surface area contributed by atoms with Crippen molar-refractivity contribution in [2.24, 2.45) is 0 Å². The summed E-state index contributed by atoms with van der Waals surface area (Å²) in [7, 11) is -34.3. The molecule has 0 bridgehead atoms. The highest BCUT2D eigenvalue weighted by Gasteiger charge is 2.83. The van der Waals surface area contributed by atoms with Crippen LogP contribution in [0.1, 0.15) is 262 Å². The van der Waals surface area contributed by atoms with E-state index in [1.165, 1.54) is 29.4 Å². The first-order chi connectivity index (χ1) is 63.1. The van der Waals surface area contributed by atoms with Crippen LogP contribution in [0.3, 0.4) is 0 Å². The minimum Gasteiger partial charge on any atom is -0.497 e. The number of nitrogens with zero attached hydrogens (tertiary/aromatic N) is 2. The molecule has 0 heterocycles. The number of rotatable bonds is 31. The Morgan fingerprint density at radius 1 is 0.269 bits per heavy atom. The summed E-state index contributed by atoms with van der Waals surface area (Å²) < 4.78 is 352. The molecule has 39 heteroatoms. The average Bonchev–Trinajstić information content (AvgIpc) is 0.716. The number of hydrogen-bond acceptors (Lipinski definition) is 17. The standard InChI is InChI=1S/2C28H38F6NO7S3.C21H21O3S.C18H15S/c2*1-43(36,37)35-44(38,39)27(31,32)26(29,30)28(33,34)45(40,41)42-25-23(20-13-7-3-8-14-20)17-22(19-11-5-2-6-12-19)18-24(25)21-15-9-4-10-16-21;1-22-16-7-4-10-19(13-16)25(20-11-5-8-17(14-20)23-2)21-12-6-9-18(15-21)24-3;1-4-10-16(11-5-1)19(17-12-6-2-7-13-17)18-14-8-3-9-15-18/h2*17-21H,2-16H2,1H3;4-15H,1-3H3;1-15H/q2*-1;2*+1. The van der Waals surface area contributed by atoms with Crippen molar-refractivity contribution in [2.45, 2.75) is 290 Å². The third kappa shape index (κ3) is 25.1. The van der Waals surface area contributed by atoms with E-state index in [0.29, 0.717) is 51.4 Å². The first kappa shape index (κ1) is 107. The molecule has 6 fully saturated rings. The summed E-state index contributed by atoms with van der Waals surface area (Å²) in [5.41, 5.74) is 2.63. The third-order valence-corrected chi connectivity index (χ3v) is 37.5. The predicted molar refractivity (Wildman–Crippen MR) is 493 cm³/mol. The number of benzene rings is 8. The zero-order valence-electron chi connectivity index (χ0n) is 74.7. The molecule has 0 aliphatic heterocycles. The van der Waals surface area contributed by atoms with E-state index in [0.717, 1.165) is 170 Å². The van der Waals surface area contributed by atoms with Gasteiger partial charge in [0.25, 0.3) is 0 Å². The lowest BCUT2D eigenvalue weighted by molar-refractivity contribution is -0.245. The van der Waals surface area contributed by atoms with Crippen molar-refractivity contribution < 1.29 is 126 Å². The Morgan fingerprint density at radius 3 is 0.694 bits per heavy atom. The molecule has 0 unspecified atom stereocenters. The highest BCUT2D eigenvalue weighted by Crippen LogP contribution is 2.58. The minimum absolute atomic E-state index is 0.0146. The lowest BCUT2D eigenvalue weighted by atomic mass is 9.75. The summed E-state index contributed by atoms with van der Waals surface area (Å²) in [6, 6.07) is 63.4. The van der Waals surface area contributed by atoms with Crippen LogP contribution in [-0.2, 0) is 82.1 Å². The molecule has 6 aliphatic carbocycles. The van der Waals surface area contributed by atoms with Crippen LogP contribution in [0, 0.1) is 0 Å². The van der Waals surface area contributed by atoms with Gasteiger partial charge in [0.05, 0.1) is 63.2 Å². The normalized spacial score (nSPS) is 17.7. The van der Waals surface area contributed by atoms with Crippen LogP contribution in [0.25, 0.3) is 8.25 Å². The SMILES string of the molecule is COc1cccc([S+](c2cccc(OC)c2)c2cccc(OC)c2)c1.CS(=O)(=O)[N-]S(=O)(=O)C(F)(F)C(F)(F)C(F)(F)S(=O)(=O)Oc1c(C2CCCCC2)cc(C2CCCCC2)cc1C1CCCCC1.CS(=O)(=O)[N-]S(=O)(=O)C(F)(F)C(F)(F)C(F)(F)S(=O)(=O)Oc1c(C2CCCCC2)cc(C2CCCCC2)cc1C1CCCCC1.c1ccc([S+](c2ccccc2)c2ccccc2)cc1. The van der Waals surface area contributed by atoms with Crippen LogP contribution in [0.5, 0.6) is 28.7 Å². The summed E-state index contributed by atoms with van der Waals surface area (Å²) >= 11 is 0. The van der Waals surface area contributed by atoms with E-state index < -0.39 is 105 Å². The van der Waals surface area contributed by atoms with Crippen LogP contribution >= 0.6 is 0 Å². The average molecular weight is 2040 g/mol. The maximum atomic E-state index is 15.2. The molecule has 0 N–H and O–H groups in total. The molecule has 8 aromatic carbocycles. The molecule has 14 rings (SSSR count). The fraction of sp³-hybridized carbons (Fsp3) is 0.495. The largest absolute Gasteiger partial charge is 0.497 e. The summed E-state index contributed by atoms with van der Waals surface area (Å²) in [5, 5.41) is -27.6. The van der Waals surface area contributed by atoms with Gasteiger partial charge in [-0.2, -0.15) is 69.5 Å². The van der Waals surface area contributed by atoms with Crippen LogP contribution in [0.4, 0.5) is 52.7 Å². The Kier molecular flexibility index (Phi) is 35.8. The lowest BCUT2D eigenvalue weighted by Gasteiger charge is -2.35. The first-order valence-electron chi connectivity index (χ1n) is 44.6. The number of ether oxygens (including phenoxy) is 3. The molecule has 0 amide bonds. The van der Waals surface area contributed by atoms with Crippen molar-refractivity contribution in [3.8, 4) is 28.7 Å². The molecule has 6 aliphatic rings. The quantitative estimate of drug-likeness (QED) is 0.0222. The summed E-state index contributed by atoms with van der Waals surface area (Å²) in [6.45, 7) is 0. The van der Waals surface area contributed by atoms with Gasteiger partial charge in [0, 0.05) is 30.7 Å². The fourth-order valence-electron chi connectivity index (χ4n) is 18.2. The predicted octanol–water partition coefficient (Wildman–Crippen LogP) is 25.6. The van der Waals surface area contributed by atoms with Gasteiger partial charge in [-0.3, -0.25) is 0 Å². The van der Waals surface area contributed by atoms with Gasteiger partial charge >= 0.3 is 53.1 Å². The molecule has 736 valence electrons. The maximum absolute atomic E-state index is 15.2. The highest BCUT2D eigenvalue weighted by atomic mass is 32.3. The zero-order chi connectivity index (χ0) is 97.5. The molecule has 19 nitrogen and oxygen atoms in total. The van der Waals surface area contributed by atoms with Crippen LogP contribution in [0.2, 0.25) is 0 Å². The molecule has 0 spiro atoms. The van der Waals surface area contributed by atoms with Crippen molar-refractivity contribution >= 4 is 82.1 Å². The Morgan fingerprint density at radius 2 is 0.478 bits per heavy atom. The molecule has 134 heavy (non-hydrogen) atoms. The van der Waals surface area contributed by atoms with E-state index in [1.807, 2.05) is 36.4 Å². The molecular formula is C95H112F12N2O17S8. The van der Waals surface area contributed by atoms with Crippen molar-refractivity contribution in [1.29, 1.82) is 0 Å². The van der Waals surface area contributed by atoms with Gasteiger partial charge in [0.15, 0.2) is 49.4 Å². The highest BCUT2D eigenvalue weighted by molar-refractivity contribution is 8.13.